The minimum absolute atomic E-state index is 0.0940. The number of pyridine rings is 1. The van der Waals surface area contributed by atoms with E-state index in [1.165, 1.54) is 12.8 Å². The monoisotopic (exact) mass is 317 g/mol. The first-order valence-corrected chi connectivity index (χ1v) is 8.71. The van der Waals surface area contributed by atoms with Crippen molar-refractivity contribution in [3.63, 3.8) is 0 Å². The lowest BCUT2D eigenvalue weighted by atomic mass is 10.1. The van der Waals surface area contributed by atoms with Crippen LogP contribution in [0.15, 0.2) is 18.5 Å². The maximum atomic E-state index is 13.0. The highest BCUT2D eigenvalue weighted by molar-refractivity contribution is 5.94. The first-order valence-electron chi connectivity index (χ1n) is 8.71. The van der Waals surface area contributed by atoms with Gasteiger partial charge in [0, 0.05) is 38.6 Å². The van der Waals surface area contributed by atoms with Gasteiger partial charge in [-0.15, -0.1) is 0 Å². The molecule has 3 rings (SSSR count). The van der Waals surface area contributed by atoms with Gasteiger partial charge < -0.3 is 14.5 Å². The van der Waals surface area contributed by atoms with Gasteiger partial charge in [-0.1, -0.05) is 6.92 Å². The summed E-state index contributed by atoms with van der Waals surface area (Å²) in [6, 6.07) is 2.22. The summed E-state index contributed by atoms with van der Waals surface area (Å²) < 4.78 is 5.54. The smallest absolute Gasteiger partial charge is 0.255 e. The van der Waals surface area contributed by atoms with Crippen molar-refractivity contribution in [1.82, 2.24) is 14.8 Å². The Kier molecular flexibility index (Phi) is 5.28. The van der Waals surface area contributed by atoms with E-state index in [0.29, 0.717) is 12.1 Å². The van der Waals surface area contributed by atoms with E-state index < -0.39 is 0 Å². The minimum atomic E-state index is 0.0940. The third-order valence-corrected chi connectivity index (χ3v) is 5.09. The molecule has 5 heteroatoms. The molecule has 2 saturated heterocycles. The number of nitrogens with zero attached hydrogens (tertiary/aromatic N) is 3. The van der Waals surface area contributed by atoms with Crippen molar-refractivity contribution in [1.29, 1.82) is 0 Å². The largest absolute Gasteiger partial charge is 0.380 e. The highest BCUT2D eigenvalue weighted by Gasteiger charge is 2.37. The molecule has 1 aromatic heterocycles. The quantitative estimate of drug-likeness (QED) is 0.833. The Morgan fingerprint density at radius 2 is 2.13 bits per heavy atom. The molecule has 2 atom stereocenters. The molecule has 2 fully saturated rings. The van der Waals surface area contributed by atoms with Crippen LogP contribution in [0.3, 0.4) is 0 Å². The zero-order chi connectivity index (χ0) is 16.2. The molecule has 0 aliphatic carbocycles. The van der Waals surface area contributed by atoms with Gasteiger partial charge in [0.15, 0.2) is 0 Å². The van der Waals surface area contributed by atoms with Crippen molar-refractivity contribution in [3.05, 3.63) is 29.6 Å². The molecule has 0 spiro atoms. The fraction of sp³-hybridized carbons (Fsp3) is 0.667. The summed E-state index contributed by atoms with van der Waals surface area (Å²) in [5.74, 6) is 0.0940. The molecule has 0 saturated carbocycles. The molecule has 0 N–H and O–H groups in total. The van der Waals surface area contributed by atoms with E-state index >= 15 is 0 Å². The van der Waals surface area contributed by atoms with Crippen molar-refractivity contribution in [2.24, 2.45) is 0 Å². The van der Waals surface area contributed by atoms with E-state index in [1.807, 2.05) is 17.2 Å². The third kappa shape index (κ3) is 3.72. The first kappa shape index (κ1) is 16.4. The summed E-state index contributed by atoms with van der Waals surface area (Å²) >= 11 is 0. The lowest BCUT2D eigenvalue weighted by Gasteiger charge is -2.28. The van der Waals surface area contributed by atoms with Gasteiger partial charge in [0.2, 0.25) is 0 Å². The Morgan fingerprint density at radius 3 is 2.83 bits per heavy atom. The Morgan fingerprint density at radius 1 is 1.35 bits per heavy atom. The highest BCUT2D eigenvalue weighted by atomic mass is 16.5. The normalized spacial score (nSPS) is 25.2. The van der Waals surface area contributed by atoms with E-state index in [-0.39, 0.29) is 18.1 Å². The summed E-state index contributed by atoms with van der Waals surface area (Å²) in [6.07, 6.45) is 8.04. The zero-order valence-corrected chi connectivity index (χ0v) is 14.2. The predicted molar refractivity (Wildman–Crippen MR) is 89.5 cm³/mol. The molecule has 0 aromatic carbocycles. The Bertz CT molecular complexity index is 543. The van der Waals surface area contributed by atoms with Crippen LogP contribution in [-0.4, -0.2) is 66.1 Å². The van der Waals surface area contributed by atoms with Crippen LogP contribution in [0.4, 0.5) is 0 Å². The van der Waals surface area contributed by atoms with E-state index in [9.17, 15) is 4.79 Å². The minimum Gasteiger partial charge on any atom is -0.380 e. The number of methoxy groups -OCH3 is 1. The van der Waals surface area contributed by atoms with Crippen LogP contribution < -0.4 is 0 Å². The number of ether oxygens (including phenoxy) is 1. The third-order valence-electron chi connectivity index (χ3n) is 5.09. The van der Waals surface area contributed by atoms with Crippen molar-refractivity contribution < 1.29 is 9.53 Å². The van der Waals surface area contributed by atoms with E-state index in [2.05, 4.69) is 16.8 Å². The second kappa shape index (κ2) is 7.41. The topological polar surface area (TPSA) is 45.7 Å². The molecule has 2 aliphatic heterocycles. The van der Waals surface area contributed by atoms with Crippen molar-refractivity contribution in [2.75, 3.05) is 33.3 Å². The predicted octanol–water partition coefficient (Wildman–Crippen LogP) is 1.97. The average Bonchev–Trinajstić information content (AvgIpc) is 3.24. The molecule has 1 amide bonds. The summed E-state index contributed by atoms with van der Waals surface area (Å²) in [7, 11) is 1.74. The summed E-state index contributed by atoms with van der Waals surface area (Å²) in [5.41, 5.74) is 1.81. The standard InChI is InChI=1S/C18H27N3O2/c1-3-14-8-15(11-19-10-14)18(22)21-13-17(23-2)9-16(21)12-20-6-4-5-7-20/h8,10-11,16-17H,3-7,9,12-13H2,1-2H3/t16-,17-/m0/s1. The number of likely N-dealkylation sites (tertiary alicyclic amines) is 2. The van der Waals surface area contributed by atoms with Crippen molar-refractivity contribution >= 4 is 5.91 Å². The molecule has 0 bridgehead atoms. The molecule has 23 heavy (non-hydrogen) atoms. The molecule has 1 aromatic rings. The number of rotatable bonds is 5. The fourth-order valence-corrected chi connectivity index (χ4v) is 3.69. The molecule has 0 unspecified atom stereocenters. The van der Waals surface area contributed by atoms with Crippen molar-refractivity contribution in [2.45, 2.75) is 44.8 Å². The average molecular weight is 317 g/mol. The van der Waals surface area contributed by atoms with Crippen LogP contribution in [0.2, 0.25) is 0 Å². The maximum Gasteiger partial charge on any atom is 0.255 e. The van der Waals surface area contributed by atoms with Crippen LogP contribution >= 0.6 is 0 Å². The lowest BCUT2D eigenvalue weighted by molar-refractivity contribution is 0.0669. The van der Waals surface area contributed by atoms with Crippen LogP contribution in [0.5, 0.6) is 0 Å². The van der Waals surface area contributed by atoms with Crippen LogP contribution in [0.1, 0.15) is 42.1 Å². The maximum absolute atomic E-state index is 13.0. The van der Waals surface area contributed by atoms with Gasteiger partial charge in [-0.25, -0.2) is 0 Å². The number of amides is 1. The molecule has 0 radical (unpaired) electrons. The Hall–Kier alpha value is -1.46. The van der Waals surface area contributed by atoms with E-state index in [4.69, 9.17) is 4.74 Å². The molecular weight excluding hydrogens is 290 g/mol. The molecule has 2 aliphatic rings. The van der Waals surface area contributed by atoms with Gasteiger partial charge in [-0.3, -0.25) is 9.78 Å². The van der Waals surface area contributed by atoms with Gasteiger partial charge in [-0.2, -0.15) is 0 Å². The molecular formula is C18H27N3O2. The number of carbonyl (C=O) groups is 1. The van der Waals surface area contributed by atoms with Gasteiger partial charge in [-0.05, 0) is 50.4 Å². The van der Waals surface area contributed by atoms with E-state index in [1.54, 1.807) is 13.3 Å². The number of aromatic nitrogens is 1. The summed E-state index contributed by atoms with van der Waals surface area (Å²) in [5, 5.41) is 0. The van der Waals surface area contributed by atoms with E-state index in [0.717, 1.165) is 38.0 Å². The number of carbonyl (C=O) groups excluding carboxylic acids is 1. The van der Waals surface area contributed by atoms with Gasteiger partial charge in [0.1, 0.15) is 0 Å². The van der Waals surface area contributed by atoms with Gasteiger partial charge in [0.25, 0.3) is 5.91 Å². The van der Waals surface area contributed by atoms with Crippen LogP contribution in [-0.2, 0) is 11.2 Å². The SMILES string of the molecule is CCc1cncc(C(=O)N2C[C@@H](OC)C[C@H]2CN2CCCC2)c1. The van der Waals surface area contributed by atoms with Gasteiger partial charge >= 0.3 is 0 Å². The Labute approximate surface area is 138 Å². The molecule has 3 heterocycles. The molecule has 126 valence electrons. The van der Waals surface area contributed by atoms with Crippen molar-refractivity contribution in [3.8, 4) is 0 Å². The molecule has 5 nitrogen and oxygen atoms in total. The number of hydrogen-bond acceptors (Lipinski definition) is 4. The second-order valence-corrected chi connectivity index (χ2v) is 6.65. The number of aryl methyl sites for hydroxylation is 1. The number of hydrogen-bond donors (Lipinski definition) is 0. The van der Waals surface area contributed by atoms with Crippen LogP contribution in [0, 0.1) is 0 Å². The lowest BCUT2D eigenvalue weighted by Crippen LogP contribution is -2.42. The van der Waals surface area contributed by atoms with Gasteiger partial charge in [0.05, 0.1) is 11.7 Å². The summed E-state index contributed by atoms with van der Waals surface area (Å²) in [4.78, 5) is 21.7. The highest BCUT2D eigenvalue weighted by Crippen LogP contribution is 2.24. The fourth-order valence-electron chi connectivity index (χ4n) is 3.69. The summed E-state index contributed by atoms with van der Waals surface area (Å²) in [6.45, 7) is 6.04. The van der Waals surface area contributed by atoms with Crippen LogP contribution in [0.25, 0.3) is 0 Å². The zero-order valence-electron chi connectivity index (χ0n) is 14.2. The Balaban J connectivity index is 1.74. The second-order valence-electron chi connectivity index (χ2n) is 6.65. The first-order chi connectivity index (χ1) is 11.2.